The number of benzene rings is 2. The number of unbranched alkanes of at least 4 members (excludes halogenated alkanes) is 1. The van der Waals surface area contributed by atoms with Crippen LogP contribution in [0.1, 0.15) is 41.5 Å². The zero-order valence-corrected chi connectivity index (χ0v) is 20.4. The molecular weight excluding hydrogens is 448 g/mol. The average Bonchev–Trinajstić information content (AvgIpc) is 3.28. The van der Waals surface area contributed by atoms with Crippen LogP contribution >= 0.6 is 11.3 Å². The molecule has 0 aliphatic rings. The van der Waals surface area contributed by atoms with E-state index in [4.69, 9.17) is 9.47 Å². The summed E-state index contributed by atoms with van der Waals surface area (Å²) in [5.41, 5.74) is 2.94. The Kier molecular flexibility index (Phi) is 9.18. The number of nitrogens with zero attached hydrogens (tertiary/aromatic N) is 3. The summed E-state index contributed by atoms with van der Waals surface area (Å²) < 4.78 is 11.5. The van der Waals surface area contributed by atoms with Crippen molar-refractivity contribution >= 4 is 28.5 Å². The minimum absolute atomic E-state index is 0.0131. The summed E-state index contributed by atoms with van der Waals surface area (Å²) in [6, 6.07) is 15.2. The lowest BCUT2D eigenvalue weighted by Gasteiger charge is -2.11. The molecule has 0 bridgehead atoms. The van der Waals surface area contributed by atoms with E-state index in [9.17, 15) is 10.1 Å². The van der Waals surface area contributed by atoms with Gasteiger partial charge >= 0.3 is 0 Å². The number of hydrogen-bond donors (Lipinski definition) is 1. The van der Waals surface area contributed by atoms with Crippen LogP contribution < -0.4 is 14.8 Å². The van der Waals surface area contributed by atoms with Crippen LogP contribution in [0, 0.1) is 25.2 Å². The SMILES string of the molecule is CCCCc1nnc(NC(=O)/C(C#N)=C\c2ccc(OCCOc3cc(C)ccc3C)cc2)s1. The fourth-order valence-corrected chi connectivity index (χ4v) is 3.82. The zero-order chi connectivity index (χ0) is 24.3. The largest absolute Gasteiger partial charge is 0.490 e. The molecule has 2 aromatic carbocycles. The summed E-state index contributed by atoms with van der Waals surface area (Å²) in [4.78, 5) is 12.5. The van der Waals surface area contributed by atoms with E-state index in [0.29, 0.717) is 29.7 Å². The van der Waals surface area contributed by atoms with Gasteiger partial charge in [-0.25, -0.2) is 0 Å². The van der Waals surface area contributed by atoms with Crippen molar-refractivity contribution < 1.29 is 14.3 Å². The van der Waals surface area contributed by atoms with Crippen molar-refractivity contribution in [2.75, 3.05) is 18.5 Å². The van der Waals surface area contributed by atoms with Gasteiger partial charge in [0.2, 0.25) is 5.13 Å². The van der Waals surface area contributed by atoms with E-state index in [-0.39, 0.29) is 5.57 Å². The zero-order valence-electron chi connectivity index (χ0n) is 19.6. The molecule has 3 rings (SSSR count). The molecule has 0 fully saturated rings. The molecule has 0 atom stereocenters. The number of hydrogen-bond acceptors (Lipinski definition) is 7. The predicted molar refractivity (Wildman–Crippen MR) is 134 cm³/mol. The van der Waals surface area contributed by atoms with Crippen LogP contribution in [0.2, 0.25) is 0 Å². The van der Waals surface area contributed by atoms with Gasteiger partial charge in [0.05, 0.1) is 0 Å². The van der Waals surface area contributed by atoms with Gasteiger partial charge in [-0.05, 0) is 61.2 Å². The first-order valence-electron chi connectivity index (χ1n) is 11.2. The minimum Gasteiger partial charge on any atom is -0.490 e. The van der Waals surface area contributed by atoms with Crippen molar-refractivity contribution in [3.8, 4) is 17.6 Å². The van der Waals surface area contributed by atoms with E-state index < -0.39 is 5.91 Å². The number of nitriles is 1. The lowest BCUT2D eigenvalue weighted by molar-refractivity contribution is -0.112. The second-order valence-electron chi connectivity index (χ2n) is 7.76. The van der Waals surface area contributed by atoms with Crippen molar-refractivity contribution in [1.29, 1.82) is 5.26 Å². The fraction of sp³-hybridized carbons (Fsp3) is 0.308. The van der Waals surface area contributed by atoms with E-state index in [1.807, 2.05) is 32.0 Å². The van der Waals surface area contributed by atoms with E-state index in [2.05, 4.69) is 28.5 Å². The standard InChI is InChI=1S/C26H28N4O3S/c1-4-5-6-24-29-30-26(34-24)28-25(31)21(17-27)16-20-9-11-22(12-10-20)32-13-14-33-23-15-18(2)7-8-19(23)3/h7-12,15-16H,4-6,13-14H2,1-3H3,(H,28,30,31)/b21-16-. The number of carbonyl (C=O) groups excluding carboxylic acids is 1. The first-order chi connectivity index (χ1) is 16.5. The molecule has 7 nitrogen and oxygen atoms in total. The predicted octanol–water partition coefficient (Wildman–Crippen LogP) is 5.50. The van der Waals surface area contributed by atoms with Gasteiger partial charge in [0.1, 0.15) is 41.4 Å². The molecule has 1 heterocycles. The average molecular weight is 477 g/mol. The molecule has 0 spiro atoms. The van der Waals surface area contributed by atoms with E-state index in [1.165, 1.54) is 17.4 Å². The van der Waals surface area contributed by atoms with Crippen LogP contribution in [0.5, 0.6) is 11.5 Å². The fourth-order valence-electron chi connectivity index (χ4n) is 3.05. The molecule has 1 aromatic heterocycles. The maximum atomic E-state index is 12.5. The third kappa shape index (κ3) is 7.42. The molecule has 8 heteroatoms. The van der Waals surface area contributed by atoms with Crippen LogP contribution in [0.3, 0.4) is 0 Å². The molecule has 0 unspecified atom stereocenters. The summed E-state index contributed by atoms with van der Waals surface area (Å²) in [6.45, 7) is 6.97. The molecule has 0 aliphatic heterocycles. The number of rotatable bonds is 11. The molecule has 3 aromatic rings. The smallest absolute Gasteiger partial charge is 0.268 e. The van der Waals surface area contributed by atoms with Gasteiger partial charge < -0.3 is 9.47 Å². The van der Waals surface area contributed by atoms with Crippen LogP contribution in [-0.2, 0) is 11.2 Å². The third-order valence-electron chi connectivity index (χ3n) is 4.94. The molecule has 1 amide bonds. The summed E-state index contributed by atoms with van der Waals surface area (Å²) in [7, 11) is 0. The molecular formula is C26H28N4O3S. The van der Waals surface area contributed by atoms with Crippen LogP contribution in [-0.4, -0.2) is 29.3 Å². The molecule has 1 N–H and O–H groups in total. The van der Waals surface area contributed by atoms with Gasteiger partial charge in [-0.2, -0.15) is 5.26 Å². The monoisotopic (exact) mass is 476 g/mol. The first-order valence-corrected chi connectivity index (χ1v) is 12.0. The van der Waals surface area contributed by atoms with Crippen molar-refractivity contribution in [1.82, 2.24) is 10.2 Å². The highest BCUT2D eigenvalue weighted by atomic mass is 32.1. The molecule has 0 radical (unpaired) electrons. The summed E-state index contributed by atoms with van der Waals surface area (Å²) in [5, 5.41) is 21.4. The Hall–Kier alpha value is -3.70. The van der Waals surface area contributed by atoms with Gasteiger partial charge in [-0.3, -0.25) is 10.1 Å². The second-order valence-corrected chi connectivity index (χ2v) is 8.83. The highest BCUT2D eigenvalue weighted by Gasteiger charge is 2.13. The number of nitrogens with one attached hydrogen (secondary N) is 1. The van der Waals surface area contributed by atoms with Crippen LogP contribution in [0.15, 0.2) is 48.0 Å². The molecule has 0 saturated heterocycles. The lowest BCUT2D eigenvalue weighted by atomic mass is 10.1. The van der Waals surface area contributed by atoms with E-state index >= 15 is 0 Å². The first kappa shape index (κ1) is 24.9. The second kappa shape index (κ2) is 12.5. The lowest BCUT2D eigenvalue weighted by Crippen LogP contribution is -2.13. The number of amides is 1. The normalized spacial score (nSPS) is 11.1. The Morgan fingerprint density at radius 2 is 1.88 bits per heavy atom. The molecule has 0 saturated carbocycles. The number of aryl methyl sites for hydroxylation is 3. The van der Waals surface area contributed by atoms with Crippen molar-refractivity contribution in [2.45, 2.75) is 40.0 Å². The molecule has 176 valence electrons. The maximum Gasteiger partial charge on any atom is 0.268 e. The number of aromatic nitrogens is 2. The quantitative estimate of drug-likeness (QED) is 0.223. The van der Waals surface area contributed by atoms with Crippen molar-refractivity contribution in [3.63, 3.8) is 0 Å². The number of ether oxygens (including phenoxy) is 2. The summed E-state index contributed by atoms with van der Waals surface area (Å²) in [5.74, 6) is 1.03. The van der Waals surface area contributed by atoms with Crippen LogP contribution in [0.25, 0.3) is 6.08 Å². The van der Waals surface area contributed by atoms with E-state index in [0.717, 1.165) is 41.1 Å². The number of carbonyl (C=O) groups is 1. The minimum atomic E-state index is -0.510. The van der Waals surface area contributed by atoms with Gasteiger partial charge in [0, 0.05) is 6.42 Å². The third-order valence-corrected chi connectivity index (χ3v) is 5.84. The van der Waals surface area contributed by atoms with Crippen LogP contribution in [0.4, 0.5) is 5.13 Å². The Bertz CT molecular complexity index is 1180. The van der Waals surface area contributed by atoms with Gasteiger partial charge in [0.25, 0.3) is 5.91 Å². The van der Waals surface area contributed by atoms with Crippen molar-refractivity contribution in [3.05, 3.63) is 69.7 Å². The van der Waals surface area contributed by atoms with Gasteiger partial charge in [-0.1, -0.05) is 48.9 Å². The maximum absolute atomic E-state index is 12.5. The van der Waals surface area contributed by atoms with Gasteiger partial charge in [0.15, 0.2) is 0 Å². The number of anilines is 1. The highest BCUT2D eigenvalue weighted by molar-refractivity contribution is 7.15. The topological polar surface area (TPSA) is 97.1 Å². The molecule has 34 heavy (non-hydrogen) atoms. The Balaban J connectivity index is 1.51. The Morgan fingerprint density at radius 3 is 2.62 bits per heavy atom. The summed E-state index contributed by atoms with van der Waals surface area (Å²) in [6.07, 6.45) is 4.44. The summed E-state index contributed by atoms with van der Waals surface area (Å²) >= 11 is 1.33. The van der Waals surface area contributed by atoms with E-state index in [1.54, 1.807) is 24.3 Å². The Morgan fingerprint density at radius 1 is 1.12 bits per heavy atom. The van der Waals surface area contributed by atoms with Crippen molar-refractivity contribution in [2.24, 2.45) is 0 Å². The Labute approximate surface area is 204 Å². The molecule has 0 aliphatic carbocycles. The van der Waals surface area contributed by atoms with Gasteiger partial charge in [-0.15, -0.1) is 10.2 Å². The highest BCUT2D eigenvalue weighted by Crippen LogP contribution is 2.20.